The van der Waals surface area contributed by atoms with Crippen molar-refractivity contribution in [3.63, 3.8) is 0 Å². The van der Waals surface area contributed by atoms with Crippen LogP contribution in [0.5, 0.6) is 0 Å². The lowest BCUT2D eigenvalue weighted by Crippen LogP contribution is -3.00. The molecule has 0 aliphatic rings. The summed E-state index contributed by atoms with van der Waals surface area (Å²) in [5, 5.41) is 2.78. The van der Waals surface area contributed by atoms with Gasteiger partial charge >= 0.3 is 0 Å². The second kappa shape index (κ2) is 6.00. The number of carbonyl (C=O) groups excluding carboxylic acids is 1. The van der Waals surface area contributed by atoms with Crippen LogP contribution in [0.1, 0.15) is 6.92 Å². The molecule has 0 rings (SSSR count). The Morgan fingerprint density at radius 1 is 1.38 bits per heavy atom. The molecule has 0 fully saturated rings. The van der Waals surface area contributed by atoms with Crippen LogP contribution in [-0.4, -0.2) is 44.6 Å². The molecule has 0 aromatic heterocycles. The maximum Gasteiger partial charge on any atom is 0.246 e. The van der Waals surface area contributed by atoms with E-state index in [4.69, 9.17) is 0 Å². The summed E-state index contributed by atoms with van der Waals surface area (Å²) in [6, 6.07) is 0. The molecular formula is C9H19ClN2O. The lowest BCUT2D eigenvalue weighted by molar-refractivity contribution is -0.869. The molecule has 13 heavy (non-hydrogen) atoms. The average molecular weight is 207 g/mol. The van der Waals surface area contributed by atoms with Crippen LogP contribution in [-0.2, 0) is 4.79 Å². The predicted octanol–water partition coefficient (Wildman–Crippen LogP) is -2.61. The summed E-state index contributed by atoms with van der Waals surface area (Å²) in [5.41, 5.74) is 0.566. The Kier molecular flexibility index (Phi) is 6.90. The van der Waals surface area contributed by atoms with Crippen LogP contribution in [0.25, 0.3) is 0 Å². The van der Waals surface area contributed by atoms with Crippen LogP contribution in [0.3, 0.4) is 0 Å². The molecule has 4 heteroatoms. The molecule has 0 unspecified atom stereocenters. The third-order valence-corrected chi connectivity index (χ3v) is 1.46. The SMILES string of the molecule is C=C(C)C(=O)NCC[N+](C)(C)C.[Cl-]. The summed E-state index contributed by atoms with van der Waals surface area (Å²) in [7, 11) is 6.27. The van der Waals surface area contributed by atoms with E-state index in [1.165, 1.54) is 0 Å². The second-order valence-corrected chi connectivity index (χ2v) is 4.05. The Morgan fingerprint density at radius 3 is 2.15 bits per heavy atom. The molecule has 0 bridgehead atoms. The van der Waals surface area contributed by atoms with E-state index < -0.39 is 0 Å². The number of nitrogens with zero attached hydrogens (tertiary/aromatic N) is 1. The number of hydrogen-bond donors (Lipinski definition) is 1. The van der Waals surface area contributed by atoms with Crippen LogP contribution in [0.15, 0.2) is 12.2 Å². The normalized spacial score (nSPS) is 10.2. The first-order chi connectivity index (χ1) is 5.33. The second-order valence-electron chi connectivity index (χ2n) is 4.05. The highest BCUT2D eigenvalue weighted by atomic mass is 35.5. The summed E-state index contributed by atoms with van der Waals surface area (Å²) < 4.78 is 0.858. The van der Waals surface area contributed by atoms with Crippen molar-refractivity contribution in [2.75, 3.05) is 34.2 Å². The van der Waals surface area contributed by atoms with Crippen molar-refractivity contribution in [1.82, 2.24) is 5.32 Å². The van der Waals surface area contributed by atoms with Gasteiger partial charge in [0.25, 0.3) is 0 Å². The number of hydrogen-bond acceptors (Lipinski definition) is 1. The first kappa shape index (κ1) is 15.0. The van der Waals surface area contributed by atoms with Gasteiger partial charge in [0, 0.05) is 5.57 Å². The first-order valence-corrected chi connectivity index (χ1v) is 4.07. The van der Waals surface area contributed by atoms with Gasteiger partial charge in [-0.2, -0.15) is 0 Å². The number of quaternary nitrogens is 1. The Labute approximate surface area is 86.8 Å². The van der Waals surface area contributed by atoms with Crippen molar-refractivity contribution in [1.29, 1.82) is 0 Å². The van der Waals surface area contributed by atoms with Crippen LogP contribution >= 0.6 is 0 Å². The van der Waals surface area contributed by atoms with Crippen molar-refractivity contribution in [3.05, 3.63) is 12.2 Å². The van der Waals surface area contributed by atoms with E-state index in [-0.39, 0.29) is 18.3 Å². The molecule has 0 radical (unpaired) electrons. The molecule has 0 aromatic carbocycles. The predicted molar refractivity (Wildman–Crippen MR) is 50.7 cm³/mol. The standard InChI is InChI=1S/C9H18N2O.ClH/c1-8(2)9(12)10-6-7-11(3,4)5;/h1,6-7H2,2-5H3;1H. The van der Waals surface area contributed by atoms with Crippen LogP contribution in [0, 0.1) is 0 Å². The van der Waals surface area contributed by atoms with E-state index in [9.17, 15) is 4.79 Å². The molecule has 0 aromatic rings. The fourth-order valence-corrected chi connectivity index (χ4v) is 0.656. The minimum Gasteiger partial charge on any atom is -1.00 e. The number of likely N-dealkylation sites (N-methyl/N-ethyl adjacent to an activating group) is 1. The Balaban J connectivity index is 0. The third-order valence-electron chi connectivity index (χ3n) is 1.46. The maximum atomic E-state index is 11.0. The minimum atomic E-state index is -0.0524. The number of halogens is 1. The summed E-state index contributed by atoms with van der Waals surface area (Å²) >= 11 is 0. The summed E-state index contributed by atoms with van der Waals surface area (Å²) in [6.07, 6.45) is 0. The van der Waals surface area contributed by atoms with E-state index in [1.807, 2.05) is 0 Å². The lowest BCUT2D eigenvalue weighted by Gasteiger charge is -2.23. The van der Waals surface area contributed by atoms with Gasteiger partial charge in [0.2, 0.25) is 5.91 Å². The molecule has 0 spiro atoms. The van der Waals surface area contributed by atoms with Gasteiger partial charge in [0.1, 0.15) is 0 Å². The fraction of sp³-hybridized carbons (Fsp3) is 0.667. The van der Waals surface area contributed by atoms with Gasteiger partial charge in [0.05, 0.1) is 34.2 Å². The molecule has 0 aliphatic heterocycles. The van der Waals surface area contributed by atoms with Crippen molar-refractivity contribution >= 4 is 5.91 Å². The molecule has 1 amide bonds. The number of rotatable bonds is 4. The van der Waals surface area contributed by atoms with Gasteiger partial charge in [-0.3, -0.25) is 4.79 Å². The van der Waals surface area contributed by atoms with Gasteiger partial charge in [-0.25, -0.2) is 0 Å². The van der Waals surface area contributed by atoms with E-state index in [2.05, 4.69) is 33.0 Å². The monoisotopic (exact) mass is 206 g/mol. The Bertz CT molecular complexity index is 185. The van der Waals surface area contributed by atoms with Crippen molar-refractivity contribution < 1.29 is 21.7 Å². The van der Waals surface area contributed by atoms with Gasteiger partial charge in [-0.15, -0.1) is 0 Å². The summed E-state index contributed by atoms with van der Waals surface area (Å²) in [4.78, 5) is 11.0. The molecular weight excluding hydrogens is 188 g/mol. The van der Waals surface area contributed by atoms with Gasteiger partial charge in [-0.1, -0.05) is 6.58 Å². The van der Waals surface area contributed by atoms with Gasteiger partial charge in [-0.05, 0) is 6.92 Å². The van der Waals surface area contributed by atoms with Gasteiger partial charge < -0.3 is 22.2 Å². The van der Waals surface area contributed by atoms with Crippen molar-refractivity contribution in [3.8, 4) is 0 Å². The van der Waals surface area contributed by atoms with Crippen LogP contribution < -0.4 is 17.7 Å². The average Bonchev–Trinajstić information content (AvgIpc) is 1.84. The number of carbonyl (C=O) groups is 1. The number of amides is 1. The zero-order valence-electron chi connectivity index (χ0n) is 8.85. The molecule has 78 valence electrons. The molecule has 3 nitrogen and oxygen atoms in total. The van der Waals surface area contributed by atoms with E-state index in [1.54, 1.807) is 6.92 Å². The van der Waals surface area contributed by atoms with Crippen LogP contribution in [0.4, 0.5) is 0 Å². The summed E-state index contributed by atoms with van der Waals surface area (Å²) in [5.74, 6) is -0.0524. The highest BCUT2D eigenvalue weighted by Crippen LogP contribution is 1.88. The molecule has 0 atom stereocenters. The number of nitrogens with one attached hydrogen (secondary N) is 1. The smallest absolute Gasteiger partial charge is 0.246 e. The Hall–Kier alpha value is -0.540. The molecule has 0 saturated heterocycles. The zero-order valence-corrected chi connectivity index (χ0v) is 9.61. The maximum absolute atomic E-state index is 11.0. The quantitative estimate of drug-likeness (QED) is 0.397. The molecule has 0 saturated carbocycles. The lowest BCUT2D eigenvalue weighted by atomic mass is 10.3. The third kappa shape index (κ3) is 9.37. The van der Waals surface area contributed by atoms with E-state index >= 15 is 0 Å². The zero-order chi connectivity index (χ0) is 9.78. The molecule has 1 N–H and O–H groups in total. The van der Waals surface area contributed by atoms with E-state index in [0.717, 1.165) is 11.0 Å². The largest absolute Gasteiger partial charge is 1.00 e. The van der Waals surface area contributed by atoms with Gasteiger partial charge in [0.15, 0.2) is 0 Å². The Morgan fingerprint density at radius 2 is 1.85 bits per heavy atom. The fourth-order valence-electron chi connectivity index (χ4n) is 0.656. The molecule has 0 heterocycles. The van der Waals surface area contributed by atoms with Crippen molar-refractivity contribution in [2.45, 2.75) is 6.92 Å². The van der Waals surface area contributed by atoms with Crippen molar-refractivity contribution in [2.24, 2.45) is 0 Å². The summed E-state index contributed by atoms with van der Waals surface area (Å²) in [6.45, 7) is 6.90. The minimum absolute atomic E-state index is 0. The topological polar surface area (TPSA) is 29.1 Å². The molecule has 0 aliphatic carbocycles. The van der Waals surface area contributed by atoms with E-state index in [0.29, 0.717) is 12.1 Å². The highest BCUT2D eigenvalue weighted by Gasteiger charge is 2.07. The highest BCUT2D eigenvalue weighted by molar-refractivity contribution is 5.91. The first-order valence-electron chi connectivity index (χ1n) is 4.07. The van der Waals surface area contributed by atoms with Crippen LogP contribution in [0.2, 0.25) is 0 Å².